The third kappa shape index (κ3) is 3.13. The van der Waals surface area contributed by atoms with Gasteiger partial charge < -0.3 is 10.1 Å². The van der Waals surface area contributed by atoms with E-state index in [1.165, 1.54) is 11.9 Å². The molecule has 2 heterocycles. The highest BCUT2D eigenvalue weighted by Crippen LogP contribution is 2.20. The van der Waals surface area contributed by atoms with Gasteiger partial charge in [0.25, 0.3) is 0 Å². The maximum atomic E-state index is 11.6. The molecule has 1 atom stereocenters. The molecule has 1 fully saturated rings. The van der Waals surface area contributed by atoms with Crippen LogP contribution in [0.2, 0.25) is 0 Å². The summed E-state index contributed by atoms with van der Waals surface area (Å²) in [5.41, 5.74) is 1.08. The first-order valence-corrected chi connectivity index (χ1v) is 7.21. The van der Waals surface area contributed by atoms with Crippen molar-refractivity contribution < 1.29 is 9.53 Å². The number of nitrogens with zero attached hydrogens (tertiary/aromatic N) is 2. The van der Waals surface area contributed by atoms with E-state index in [1.807, 2.05) is 11.8 Å². The van der Waals surface area contributed by atoms with Gasteiger partial charge in [0.15, 0.2) is 0 Å². The minimum atomic E-state index is -0.363. The first-order chi connectivity index (χ1) is 8.70. The van der Waals surface area contributed by atoms with Crippen LogP contribution in [0.25, 0.3) is 0 Å². The van der Waals surface area contributed by atoms with Crippen LogP contribution in [-0.2, 0) is 4.74 Å². The average Bonchev–Trinajstić information content (AvgIpc) is 2.82. The lowest BCUT2D eigenvalue weighted by Gasteiger charge is -2.12. The summed E-state index contributed by atoms with van der Waals surface area (Å²) in [5, 5.41) is 3.28. The molecule has 0 aliphatic carbocycles. The highest BCUT2D eigenvalue weighted by Gasteiger charge is 2.17. The van der Waals surface area contributed by atoms with Crippen LogP contribution in [0.5, 0.6) is 0 Å². The summed E-state index contributed by atoms with van der Waals surface area (Å²) >= 11 is 1.93. The smallest absolute Gasteiger partial charge is 0.341 e. The maximum Gasteiger partial charge on any atom is 0.341 e. The van der Waals surface area contributed by atoms with Crippen LogP contribution in [0.15, 0.2) is 6.20 Å². The van der Waals surface area contributed by atoms with Crippen molar-refractivity contribution in [3.63, 3.8) is 0 Å². The van der Waals surface area contributed by atoms with E-state index >= 15 is 0 Å². The van der Waals surface area contributed by atoms with Crippen molar-refractivity contribution in [2.24, 2.45) is 0 Å². The monoisotopic (exact) mass is 267 g/mol. The fourth-order valence-corrected chi connectivity index (χ4v) is 2.93. The van der Waals surface area contributed by atoms with E-state index in [0.717, 1.165) is 12.2 Å². The van der Waals surface area contributed by atoms with Gasteiger partial charge in [0.2, 0.25) is 5.95 Å². The van der Waals surface area contributed by atoms with Gasteiger partial charge in [-0.3, -0.25) is 0 Å². The summed E-state index contributed by atoms with van der Waals surface area (Å²) in [5.74, 6) is 2.49. The molecule has 18 heavy (non-hydrogen) atoms. The van der Waals surface area contributed by atoms with Crippen LogP contribution in [0.1, 0.15) is 29.4 Å². The lowest BCUT2D eigenvalue weighted by atomic mass is 10.2. The number of rotatable bonds is 4. The van der Waals surface area contributed by atoms with Crippen LogP contribution in [-0.4, -0.2) is 40.1 Å². The maximum absolute atomic E-state index is 11.6. The Morgan fingerprint density at radius 1 is 1.67 bits per heavy atom. The van der Waals surface area contributed by atoms with Crippen molar-refractivity contribution >= 4 is 23.7 Å². The summed E-state index contributed by atoms with van der Waals surface area (Å²) in [6, 6.07) is 0.433. The van der Waals surface area contributed by atoms with Gasteiger partial charge >= 0.3 is 5.97 Å². The Bertz CT molecular complexity index is 433. The predicted molar refractivity (Wildman–Crippen MR) is 72.1 cm³/mol. The third-order valence-corrected chi connectivity index (χ3v) is 3.90. The number of carbonyl (C=O) groups is 1. The number of thioether (sulfide) groups is 1. The Morgan fingerprint density at radius 2 is 2.50 bits per heavy atom. The molecule has 1 aliphatic rings. The molecule has 98 valence electrons. The molecular formula is C12H17N3O2S. The second-order valence-corrected chi connectivity index (χ2v) is 5.27. The van der Waals surface area contributed by atoms with Crippen LogP contribution >= 0.6 is 11.8 Å². The molecule has 1 N–H and O–H groups in total. The molecule has 6 heteroatoms. The fraction of sp³-hybridized carbons (Fsp3) is 0.583. The van der Waals surface area contributed by atoms with E-state index < -0.39 is 0 Å². The Morgan fingerprint density at radius 3 is 3.11 bits per heavy atom. The molecule has 1 unspecified atom stereocenters. The number of esters is 1. The van der Waals surface area contributed by atoms with Crippen molar-refractivity contribution in [1.82, 2.24) is 9.97 Å². The minimum absolute atomic E-state index is 0.359. The molecule has 1 aromatic heterocycles. The summed E-state index contributed by atoms with van der Waals surface area (Å²) in [6.07, 6.45) is 2.66. The minimum Gasteiger partial charge on any atom is -0.462 e. The topological polar surface area (TPSA) is 64.1 Å². The first kappa shape index (κ1) is 13.1. The zero-order valence-electron chi connectivity index (χ0n) is 10.6. The Labute approximate surface area is 111 Å². The van der Waals surface area contributed by atoms with Gasteiger partial charge in [0.05, 0.1) is 17.9 Å². The van der Waals surface area contributed by atoms with Crippen molar-refractivity contribution in [2.75, 3.05) is 23.4 Å². The number of carbonyl (C=O) groups excluding carboxylic acids is 1. The molecular weight excluding hydrogens is 250 g/mol. The van der Waals surface area contributed by atoms with Crippen molar-refractivity contribution in [1.29, 1.82) is 0 Å². The number of nitrogens with one attached hydrogen (secondary N) is 1. The van der Waals surface area contributed by atoms with Crippen molar-refractivity contribution in [2.45, 2.75) is 26.3 Å². The van der Waals surface area contributed by atoms with Crippen LogP contribution in [0.4, 0.5) is 5.95 Å². The molecule has 0 radical (unpaired) electrons. The molecule has 0 aromatic carbocycles. The summed E-state index contributed by atoms with van der Waals surface area (Å²) < 4.78 is 4.94. The quantitative estimate of drug-likeness (QED) is 0.840. The van der Waals surface area contributed by atoms with Crippen molar-refractivity contribution in [3.8, 4) is 0 Å². The molecule has 0 saturated carbocycles. The number of hydrogen-bond donors (Lipinski definition) is 1. The SMILES string of the molecule is CCOC(=O)c1cnc(NC2CCSC2)nc1C. The van der Waals surface area contributed by atoms with Gasteiger partial charge in [0.1, 0.15) is 0 Å². The number of anilines is 1. The van der Waals surface area contributed by atoms with E-state index in [-0.39, 0.29) is 5.97 Å². The summed E-state index contributed by atoms with van der Waals surface area (Å²) in [6.45, 7) is 3.93. The van der Waals surface area contributed by atoms with E-state index in [4.69, 9.17) is 4.74 Å². The molecule has 0 spiro atoms. The zero-order valence-corrected chi connectivity index (χ0v) is 11.4. The van der Waals surface area contributed by atoms with Gasteiger partial charge in [-0.05, 0) is 26.0 Å². The molecule has 0 amide bonds. The van der Waals surface area contributed by atoms with Crippen molar-refractivity contribution in [3.05, 3.63) is 17.5 Å². The van der Waals surface area contributed by atoms with Gasteiger partial charge in [-0.25, -0.2) is 14.8 Å². The van der Waals surface area contributed by atoms with E-state index in [2.05, 4.69) is 15.3 Å². The number of hydrogen-bond acceptors (Lipinski definition) is 6. The molecule has 0 bridgehead atoms. The largest absolute Gasteiger partial charge is 0.462 e. The van der Waals surface area contributed by atoms with E-state index in [9.17, 15) is 4.79 Å². The summed E-state index contributed by atoms with van der Waals surface area (Å²) in [7, 11) is 0. The summed E-state index contributed by atoms with van der Waals surface area (Å²) in [4.78, 5) is 20.1. The van der Waals surface area contributed by atoms with Gasteiger partial charge in [-0.2, -0.15) is 11.8 Å². The van der Waals surface area contributed by atoms with Crippen LogP contribution in [0.3, 0.4) is 0 Å². The molecule has 1 aliphatic heterocycles. The first-order valence-electron chi connectivity index (χ1n) is 6.05. The van der Waals surface area contributed by atoms with Gasteiger partial charge in [0, 0.05) is 18.0 Å². The highest BCUT2D eigenvalue weighted by molar-refractivity contribution is 7.99. The normalized spacial score (nSPS) is 18.7. The predicted octanol–water partition coefficient (Wildman–Crippen LogP) is 1.88. The number of aryl methyl sites for hydroxylation is 1. The molecule has 1 aromatic rings. The second kappa shape index (κ2) is 6.04. The Hall–Kier alpha value is -1.30. The fourth-order valence-electron chi connectivity index (χ4n) is 1.78. The van der Waals surface area contributed by atoms with Crippen LogP contribution < -0.4 is 5.32 Å². The Kier molecular flexibility index (Phi) is 4.41. The van der Waals surface area contributed by atoms with Gasteiger partial charge in [-0.15, -0.1) is 0 Å². The molecule has 2 rings (SSSR count). The van der Waals surface area contributed by atoms with E-state index in [0.29, 0.717) is 29.9 Å². The van der Waals surface area contributed by atoms with Gasteiger partial charge in [-0.1, -0.05) is 0 Å². The zero-order chi connectivity index (χ0) is 13.0. The number of ether oxygens (including phenoxy) is 1. The molecule has 5 nitrogen and oxygen atoms in total. The number of aromatic nitrogens is 2. The highest BCUT2D eigenvalue weighted by atomic mass is 32.2. The third-order valence-electron chi connectivity index (χ3n) is 2.74. The molecule has 1 saturated heterocycles. The lowest BCUT2D eigenvalue weighted by molar-refractivity contribution is 0.0524. The van der Waals surface area contributed by atoms with Crippen LogP contribution in [0, 0.1) is 6.92 Å². The Balaban J connectivity index is 2.06. The lowest BCUT2D eigenvalue weighted by Crippen LogP contribution is -2.20. The van der Waals surface area contributed by atoms with E-state index in [1.54, 1.807) is 13.8 Å². The second-order valence-electron chi connectivity index (χ2n) is 4.12. The average molecular weight is 267 g/mol. The standard InChI is InChI=1S/C12H17N3O2S/c1-3-17-11(16)10-6-13-12(14-8(10)2)15-9-4-5-18-7-9/h6,9H,3-5,7H2,1-2H3,(H,13,14,15).